The van der Waals surface area contributed by atoms with Gasteiger partial charge in [-0.05, 0) is 68.7 Å². The Bertz CT molecular complexity index is 1450. The second kappa shape index (κ2) is 11.7. The lowest BCUT2D eigenvalue weighted by molar-refractivity contribution is 0.00782. The van der Waals surface area contributed by atoms with Crippen molar-refractivity contribution in [3.8, 4) is 16.9 Å². The van der Waals surface area contributed by atoms with E-state index in [2.05, 4.69) is 57.0 Å². The fraction of sp³-hybridized carbons (Fsp3) is 0.562. The second-order valence-corrected chi connectivity index (χ2v) is 20.2. The van der Waals surface area contributed by atoms with Gasteiger partial charge in [-0.1, -0.05) is 32.4 Å². The van der Waals surface area contributed by atoms with Gasteiger partial charge >= 0.3 is 6.09 Å². The molecule has 3 aromatic rings. The third kappa shape index (κ3) is 6.65. The molecule has 42 heavy (non-hydrogen) atoms. The van der Waals surface area contributed by atoms with Crippen LogP contribution in [-0.4, -0.2) is 67.6 Å². The van der Waals surface area contributed by atoms with Gasteiger partial charge < -0.3 is 18.8 Å². The van der Waals surface area contributed by atoms with Gasteiger partial charge in [0.2, 0.25) is 0 Å². The molecule has 10 heteroatoms. The summed E-state index contributed by atoms with van der Waals surface area (Å²) in [5.41, 5.74) is 3.83. The summed E-state index contributed by atoms with van der Waals surface area (Å²) in [4.78, 5) is 22.9. The lowest BCUT2D eigenvalue weighted by atomic mass is 9.90. The number of ether oxygens (including phenoxy) is 2. The molecule has 228 valence electrons. The lowest BCUT2D eigenvalue weighted by Gasteiger charge is -2.42. The maximum atomic E-state index is 12.7. The number of halogens is 1. The molecule has 4 heterocycles. The summed E-state index contributed by atoms with van der Waals surface area (Å²) in [7, 11) is -1.88. The van der Waals surface area contributed by atoms with Crippen molar-refractivity contribution in [2.75, 3.05) is 32.8 Å². The van der Waals surface area contributed by atoms with Crippen LogP contribution in [0.2, 0.25) is 23.2 Å². The number of carbonyl (C=O) groups excluding carboxylic acids is 1. The van der Waals surface area contributed by atoms with Crippen LogP contribution in [0.3, 0.4) is 0 Å². The Morgan fingerprint density at radius 2 is 1.81 bits per heavy atom. The van der Waals surface area contributed by atoms with Crippen molar-refractivity contribution in [3.05, 3.63) is 45.9 Å². The van der Waals surface area contributed by atoms with Gasteiger partial charge in [0.25, 0.3) is 0 Å². The topological polar surface area (TPSA) is 64.1 Å². The minimum absolute atomic E-state index is 0.153. The highest BCUT2D eigenvalue weighted by molar-refractivity contribution is 7.19. The zero-order valence-corrected chi connectivity index (χ0v) is 28.7. The highest BCUT2D eigenvalue weighted by Gasteiger charge is 2.38. The van der Waals surface area contributed by atoms with Crippen LogP contribution in [0.5, 0.6) is 5.75 Å². The molecule has 2 aromatic heterocycles. The summed E-state index contributed by atoms with van der Waals surface area (Å²) < 4.78 is 19.5. The van der Waals surface area contributed by atoms with Crippen LogP contribution >= 0.6 is 22.9 Å². The van der Waals surface area contributed by atoms with Gasteiger partial charge in [-0.3, -0.25) is 9.88 Å². The molecule has 0 N–H and O–H groups in total. The van der Waals surface area contributed by atoms with Crippen molar-refractivity contribution in [3.63, 3.8) is 0 Å². The summed E-state index contributed by atoms with van der Waals surface area (Å²) in [5.74, 6) is 0.839. The highest BCUT2D eigenvalue weighted by atomic mass is 35.5. The van der Waals surface area contributed by atoms with Crippen LogP contribution in [0.25, 0.3) is 21.3 Å². The number of amides is 1. The van der Waals surface area contributed by atoms with Gasteiger partial charge in [-0.2, -0.15) is 0 Å². The minimum Gasteiger partial charge on any atom is -0.493 e. The molecule has 1 fully saturated rings. The number of pyridine rings is 1. The summed E-state index contributed by atoms with van der Waals surface area (Å²) in [6, 6.07) is 8.42. The average molecular weight is 630 g/mol. The normalized spacial score (nSPS) is 18.6. The Hall–Kier alpha value is -2.17. The van der Waals surface area contributed by atoms with Crippen molar-refractivity contribution < 1.29 is 18.7 Å². The monoisotopic (exact) mass is 629 g/mol. The number of nitrogens with zero attached hydrogens (tertiary/aromatic N) is 3. The Labute approximate surface area is 260 Å². The minimum atomic E-state index is -1.88. The van der Waals surface area contributed by atoms with E-state index in [9.17, 15) is 4.79 Å². The number of thiophene rings is 1. The van der Waals surface area contributed by atoms with Gasteiger partial charge in [0.05, 0.1) is 23.4 Å². The molecule has 0 spiro atoms. The molecule has 0 unspecified atom stereocenters. The predicted octanol–water partition coefficient (Wildman–Crippen LogP) is 8.51. The van der Waals surface area contributed by atoms with Gasteiger partial charge in [-0.15, -0.1) is 11.3 Å². The fourth-order valence-corrected chi connectivity index (χ4v) is 7.67. The average Bonchev–Trinajstić information content (AvgIpc) is 3.33. The smallest absolute Gasteiger partial charge is 0.410 e. The summed E-state index contributed by atoms with van der Waals surface area (Å²) >= 11 is 8.44. The van der Waals surface area contributed by atoms with E-state index in [0.717, 1.165) is 52.2 Å². The zero-order valence-electron chi connectivity index (χ0n) is 26.2. The molecule has 0 saturated carbocycles. The van der Waals surface area contributed by atoms with Gasteiger partial charge in [-0.25, -0.2) is 4.79 Å². The zero-order chi connectivity index (χ0) is 30.4. The number of carbonyl (C=O) groups is 1. The maximum Gasteiger partial charge on any atom is 0.410 e. The van der Waals surface area contributed by atoms with E-state index in [1.165, 1.54) is 4.88 Å². The molecule has 0 bridgehead atoms. The first-order valence-electron chi connectivity index (χ1n) is 14.8. The predicted molar refractivity (Wildman–Crippen MR) is 174 cm³/mol. The van der Waals surface area contributed by atoms with Crippen LogP contribution in [0, 0.1) is 0 Å². The first kappa shape index (κ1) is 31.3. The molecule has 7 nitrogen and oxygen atoms in total. The van der Waals surface area contributed by atoms with Crippen LogP contribution in [0.15, 0.2) is 30.5 Å². The molecular formula is C32H44ClN3O4SSi. The molecule has 0 radical (unpaired) electrons. The Kier molecular flexibility index (Phi) is 8.73. The Morgan fingerprint density at radius 1 is 1.10 bits per heavy atom. The van der Waals surface area contributed by atoms with E-state index in [1.807, 2.05) is 37.9 Å². The van der Waals surface area contributed by atoms with Gasteiger partial charge in [0.15, 0.2) is 8.32 Å². The molecule has 1 atom stereocenters. The number of hydrogen-bond donors (Lipinski definition) is 0. The summed E-state index contributed by atoms with van der Waals surface area (Å²) in [5, 5.41) is 0.808. The summed E-state index contributed by atoms with van der Waals surface area (Å²) in [6.07, 6.45) is 2.51. The standard InChI is InChI=1S/C32H44ClN3O4SSi/c1-31(2,3)40-30(37)36-14-12-35(13-15-36)26-10-16-38-27-18-21(33)17-24(28(26)27)23-9-11-34-25-19-22(41-29(23)25)20-39-42(7,8)32(4,5)6/h9,11,17-19,26H,10,12-16,20H2,1-8H3/t26-/m0/s1. The molecule has 1 saturated heterocycles. The van der Waals surface area contributed by atoms with E-state index in [1.54, 1.807) is 11.3 Å². The van der Waals surface area contributed by atoms with E-state index in [0.29, 0.717) is 31.3 Å². The van der Waals surface area contributed by atoms with Gasteiger partial charge in [0.1, 0.15) is 11.4 Å². The number of piperazine rings is 1. The molecule has 0 aliphatic carbocycles. The molecule has 1 amide bonds. The van der Waals surface area contributed by atoms with Crippen LogP contribution in [0.1, 0.15) is 64.4 Å². The van der Waals surface area contributed by atoms with Crippen molar-refractivity contribution in [2.24, 2.45) is 0 Å². The largest absolute Gasteiger partial charge is 0.493 e. The number of aromatic nitrogens is 1. The Morgan fingerprint density at radius 3 is 2.48 bits per heavy atom. The van der Waals surface area contributed by atoms with Crippen LogP contribution in [-0.2, 0) is 15.8 Å². The van der Waals surface area contributed by atoms with Gasteiger partial charge in [0, 0.05) is 65.9 Å². The fourth-order valence-electron chi connectivity index (χ4n) is 5.35. The van der Waals surface area contributed by atoms with Crippen molar-refractivity contribution >= 4 is 47.6 Å². The SMILES string of the molecule is CC(C)(C)OC(=O)N1CCN([C@H]2CCOc3cc(Cl)cc(-c4ccnc5cc(CO[Si](C)(C)C(C)(C)C)sc45)c32)CC1. The number of rotatable bonds is 5. The van der Waals surface area contributed by atoms with Crippen molar-refractivity contribution in [1.29, 1.82) is 0 Å². The lowest BCUT2D eigenvalue weighted by Crippen LogP contribution is -2.51. The first-order valence-corrected chi connectivity index (χ1v) is 18.9. The Balaban J connectivity index is 1.44. The molecule has 1 aromatic carbocycles. The van der Waals surface area contributed by atoms with E-state index >= 15 is 0 Å². The molecule has 2 aliphatic rings. The quantitative estimate of drug-likeness (QED) is 0.264. The maximum absolute atomic E-state index is 12.7. The van der Waals surface area contributed by atoms with Crippen molar-refractivity contribution in [2.45, 2.75) is 84.3 Å². The van der Waals surface area contributed by atoms with E-state index < -0.39 is 13.9 Å². The van der Waals surface area contributed by atoms with E-state index in [-0.39, 0.29) is 17.2 Å². The number of fused-ring (bicyclic) bond motifs is 2. The third-order valence-electron chi connectivity index (χ3n) is 8.63. The van der Waals surface area contributed by atoms with Crippen molar-refractivity contribution in [1.82, 2.24) is 14.8 Å². The molecule has 2 aliphatic heterocycles. The first-order chi connectivity index (χ1) is 19.6. The second-order valence-electron chi connectivity index (χ2n) is 13.9. The van der Waals surface area contributed by atoms with Crippen LogP contribution in [0.4, 0.5) is 4.79 Å². The highest BCUT2D eigenvalue weighted by Crippen LogP contribution is 2.47. The van der Waals surface area contributed by atoms with E-state index in [4.69, 9.17) is 30.5 Å². The molecular weight excluding hydrogens is 586 g/mol. The number of hydrogen-bond acceptors (Lipinski definition) is 7. The van der Waals surface area contributed by atoms with Crippen LogP contribution < -0.4 is 4.74 Å². The molecule has 5 rings (SSSR count). The third-order valence-corrected chi connectivity index (χ3v) is 14.5. The summed E-state index contributed by atoms with van der Waals surface area (Å²) in [6.45, 7) is 21.1. The number of benzene rings is 1.